The van der Waals surface area contributed by atoms with Crippen molar-refractivity contribution >= 4 is 17.2 Å². The molecular weight excluding hydrogens is 374 g/mol. The minimum atomic E-state index is 0.00701. The molecule has 28 heavy (non-hydrogen) atoms. The fraction of sp³-hybridized carbons (Fsp3) is 0.400. The second-order valence-electron chi connectivity index (χ2n) is 7.03. The van der Waals surface area contributed by atoms with Gasteiger partial charge in [-0.05, 0) is 30.0 Å². The Bertz CT molecular complexity index is 936. The number of amides is 1. The van der Waals surface area contributed by atoms with Crippen LogP contribution in [-0.4, -0.2) is 44.4 Å². The number of aromatic nitrogens is 3. The standard InChI is InChI=1S/C20H23N5O2S/c1-3-14-4-5-15(21-8-14)9-25-7-6-16-17(12-28-18(16)10-25)20(26)24(2)11-19-22-13-27-23-19/h4-5,8,12-13H,3,6-7,9-11H2,1-2H3. The zero-order chi connectivity index (χ0) is 19.5. The van der Waals surface area contributed by atoms with Crippen molar-refractivity contribution in [2.45, 2.75) is 39.4 Å². The van der Waals surface area contributed by atoms with Crippen molar-refractivity contribution in [2.75, 3.05) is 13.6 Å². The van der Waals surface area contributed by atoms with E-state index < -0.39 is 0 Å². The van der Waals surface area contributed by atoms with Crippen molar-refractivity contribution in [3.63, 3.8) is 0 Å². The first-order chi connectivity index (χ1) is 13.6. The number of fused-ring (bicyclic) bond motifs is 1. The molecule has 3 aromatic rings. The molecule has 0 saturated heterocycles. The molecule has 0 bridgehead atoms. The average Bonchev–Trinajstić information content (AvgIpc) is 3.37. The number of pyridine rings is 1. The topological polar surface area (TPSA) is 75.4 Å². The molecule has 7 nitrogen and oxygen atoms in total. The highest BCUT2D eigenvalue weighted by molar-refractivity contribution is 7.10. The Morgan fingerprint density at radius 1 is 1.36 bits per heavy atom. The van der Waals surface area contributed by atoms with Crippen LogP contribution in [-0.2, 0) is 32.5 Å². The molecule has 8 heteroatoms. The number of hydrogen-bond acceptors (Lipinski definition) is 7. The van der Waals surface area contributed by atoms with Crippen molar-refractivity contribution in [2.24, 2.45) is 0 Å². The van der Waals surface area contributed by atoms with Gasteiger partial charge in [0.25, 0.3) is 5.91 Å². The molecular formula is C20H23N5O2S. The lowest BCUT2D eigenvalue weighted by molar-refractivity contribution is 0.0779. The highest BCUT2D eigenvalue weighted by atomic mass is 32.1. The van der Waals surface area contributed by atoms with Gasteiger partial charge in [-0.25, -0.2) is 0 Å². The average molecular weight is 398 g/mol. The molecule has 0 spiro atoms. The predicted molar refractivity (Wildman–Crippen MR) is 106 cm³/mol. The van der Waals surface area contributed by atoms with E-state index in [1.54, 1.807) is 23.3 Å². The Hall–Kier alpha value is -2.58. The van der Waals surface area contributed by atoms with Crippen LogP contribution in [0.4, 0.5) is 0 Å². The van der Waals surface area contributed by atoms with E-state index in [-0.39, 0.29) is 5.91 Å². The minimum Gasteiger partial charge on any atom is -0.343 e. The number of nitrogens with zero attached hydrogens (tertiary/aromatic N) is 5. The Labute approximate surface area is 168 Å². The molecule has 146 valence electrons. The fourth-order valence-electron chi connectivity index (χ4n) is 3.43. The third-order valence-corrected chi connectivity index (χ3v) is 6.08. The highest BCUT2D eigenvalue weighted by Gasteiger charge is 2.26. The summed E-state index contributed by atoms with van der Waals surface area (Å²) < 4.78 is 4.74. The fourth-order valence-corrected chi connectivity index (χ4v) is 4.55. The monoisotopic (exact) mass is 397 g/mol. The summed E-state index contributed by atoms with van der Waals surface area (Å²) in [6, 6.07) is 4.27. The molecule has 0 N–H and O–H groups in total. The molecule has 1 aliphatic heterocycles. The second-order valence-corrected chi connectivity index (χ2v) is 8.00. The predicted octanol–water partition coefficient (Wildman–Crippen LogP) is 2.92. The number of carbonyl (C=O) groups excluding carboxylic acids is 1. The van der Waals surface area contributed by atoms with E-state index in [1.807, 2.05) is 11.6 Å². The maximum absolute atomic E-state index is 12.9. The zero-order valence-electron chi connectivity index (χ0n) is 16.1. The van der Waals surface area contributed by atoms with Gasteiger partial charge in [0, 0.05) is 43.1 Å². The minimum absolute atomic E-state index is 0.00701. The smallest absolute Gasteiger partial charge is 0.255 e. The number of hydrogen-bond donors (Lipinski definition) is 0. The van der Waals surface area contributed by atoms with Crippen LogP contribution in [0.5, 0.6) is 0 Å². The van der Waals surface area contributed by atoms with Crippen molar-refractivity contribution < 1.29 is 9.32 Å². The molecule has 1 aliphatic rings. The molecule has 0 atom stereocenters. The molecule has 0 aliphatic carbocycles. The molecule has 3 aromatic heterocycles. The number of carbonyl (C=O) groups is 1. The number of aryl methyl sites for hydroxylation is 1. The van der Waals surface area contributed by atoms with Crippen molar-refractivity contribution in [3.05, 3.63) is 63.2 Å². The maximum atomic E-state index is 12.9. The summed E-state index contributed by atoms with van der Waals surface area (Å²) in [4.78, 5) is 26.7. The molecule has 1 amide bonds. The van der Waals surface area contributed by atoms with E-state index in [9.17, 15) is 4.79 Å². The van der Waals surface area contributed by atoms with Crippen LogP contribution >= 0.6 is 11.3 Å². The van der Waals surface area contributed by atoms with E-state index in [4.69, 9.17) is 4.52 Å². The van der Waals surface area contributed by atoms with Gasteiger partial charge in [0.05, 0.1) is 17.8 Å². The van der Waals surface area contributed by atoms with E-state index in [0.29, 0.717) is 12.4 Å². The summed E-state index contributed by atoms with van der Waals surface area (Å²) in [5.74, 6) is 0.514. The lowest BCUT2D eigenvalue weighted by atomic mass is 10.0. The van der Waals surface area contributed by atoms with Gasteiger partial charge in [0.2, 0.25) is 6.39 Å². The highest BCUT2D eigenvalue weighted by Crippen LogP contribution is 2.30. The van der Waals surface area contributed by atoms with E-state index in [0.717, 1.165) is 43.7 Å². The molecule has 0 saturated carbocycles. The van der Waals surface area contributed by atoms with Gasteiger partial charge >= 0.3 is 0 Å². The maximum Gasteiger partial charge on any atom is 0.255 e. The largest absolute Gasteiger partial charge is 0.343 e. The lowest BCUT2D eigenvalue weighted by Gasteiger charge is -2.27. The first-order valence-corrected chi connectivity index (χ1v) is 10.3. The SMILES string of the molecule is CCc1ccc(CN2CCc3c(C(=O)N(C)Cc4ncon4)csc3C2)nc1. The van der Waals surface area contributed by atoms with Crippen LogP contribution in [0.15, 0.2) is 34.6 Å². The Balaban J connectivity index is 1.41. The van der Waals surface area contributed by atoms with Gasteiger partial charge in [-0.15, -0.1) is 11.3 Å². The Morgan fingerprint density at radius 2 is 2.25 bits per heavy atom. The van der Waals surface area contributed by atoms with Crippen LogP contribution in [0.3, 0.4) is 0 Å². The van der Waals surface area contributed by atoms with E-state index in [1.165, 1.54) is 22.4 Å². The Morgan fingerprint density at radius 3 is 2.96 bits per heavy atom. The normalized spacial score (nSPS) is 14.1. The van der Waals surface area contributed by atoms with E-state index >= 15 is 0 Å². The zero-order valence-corrected chi connectivity index (χ0v) is 16.9. The summed E-state index contributed by atoms with van der Waals surface area (Å²) >= 11 is 1.67. The third kappa shape index (κ3) is 3.98. The quantitative estimate of drug-likeness (QED) is 0.637. The molecule has 0 radical (unpaired) electrons. The van der Waals surface area contributed by atoms with Crippen LogP contribution in [0.2, 0.25) is 0 Å². The first-order valence-electron chi connectivity index (χ1n) is 9.40. The summed E-state index contributed by atoms with van der Waals surface area (Å²) in [7, 11) is 1.77. The van der Waals surface area contributed by atoms with Gasteiger partial charge in [-0.2, -0.15) is 4.98 Å². The molecule has 4 heterocycles. The van der Waals surface area contributed by atoms with Gasteiger partial charge in [0.1, 0.15) is 0 Å². The van der Waals surface area contributed by atoms with Gasteiger partial charge in [0.15, 0.2) is 5.82 Å². The van der Waals surface area contributed by atoms with Crippen LogP contribution in [0, 0.1) is 0 Å². The van der Waals surface area contributed by atoms with Gasteiger partial charge in [-0.1, -0.05) is 18.1 Å². The number of thiophene rings is 1. The molecule has 4 rings (SSSR count). The van der Waals surface area contributed by atoms with Crippen molar-refractivity contribution in [1.29, 1.82) is 0 Å². The number of rotatable bonds is 6. The first kappa shape index (κ1) is 18.8. The second kappa shape index (κ2) is 8.20. The van der Waals surface area contributed by atoms with Crippen LogP contribution < -0.4 is 0 Å². The van der Waals surface area contributed by atoms with Gasteiger partial charge in [-0.3, -0.25) is 14.7 Å². The summed E-state index contributed by atoms with van der Waals surface area (Å²) in [6.07, 6.45) is 5.13. The Kier molecular flexibility index (Phi) is 5.50. The summed E-state index contributed by atoms with van der Waals surface area (Å²) in [6.45, 7) is 5.10. The van der Waals surface area contributed by atoms with Crippen LogP contribution in [0.1, 0.15) is 44.8 Å². The van der Waals surface area contributed by atoms with Crippen molar-refractivity contribution in [1.82, 2.24) is 24.9 Å². The van der Waals surface area contributed by atoms with Crippen LogP contribution in [0.25, 0.3) is 0 Å². The summed E-state index contributed by atoms with van der Waals surface area (Å²) in [5, 5.41) is 5.76. The van der Waals surface area contributed by atoms with E-state index in [2.05, 4.69) is 39.1 Å². The lowest BCUT2D eigenvalue weighted by Crippen LogP contribution is -2.32. The molecule has 0 fully saturated rings. The van der Waals surface area contributed by atoms with Gasteiger partial charge < -0.3 is 9.42 Å². The summed E-state index contributed by atoms with van der Waals surface area (Å²) in [5.41, 5.74) is 4.33. The molecule has 0 unspecified atom stereocenters. The van der Waals surface area contributed by atoms with Crippen molar-refractivity contribution in [3.8, 4) is 0 Å². The molecule has 0 aromatic carbocycles. The third-order valence-electron chi connectivity index (χ3n) is 5.07.